The third-order valence-corrected chi connectivity index (χ3v) is 30.7. The normalized spacial score (nSPS) is 24.0. The van der Waals surface area contributed by atoms with Crippen LogP contribution in [0.4, 0.5) is 0 Å². The number of hydrogen-bond donors (Lipinski definition) is 3. The minimum atomic E-state index is -0.132. The second-order valence-corrected chi connectivity index (χ2v) is 37.7. The van der Waals surface area contributed by atoms with Gasteiger partial charge in [-0.05, 0) is 268 Å². The smallest absolute Gasteiger partial charge is 0.130 e. The zero-order valence-corrected chi connectivity index (χ0v) is 73.3. The lowest BCUT2D eigenvalue weighted by Crippen LogP contribution is -2.34. The van der Waals surface area contributed by atoms with E-state index >= 15 is 0 Å². The summed E-state index contributed by atoms with van der Waals surface area (Å²) >= 11 is 0. The molecule has 8 aliphatic carbocycles. The summed E-state index contributed by atoms with van der Waals surface area (Å²) in [5.74, 6) is 10.7. The average molecular weight is 1700 g/mol. The highest BCUT2D eigenvalue weighted by Crippen LogP contribution is 2.66. The van der Waals surface area contributed by atoms with Crippen LogP contribution in [0.1, 0.15) is 170 Å². The molecule has 16 aromatic rings. The van der Waals surface area contributed by atoms with Crippen molar-refractivity contribution >= 4 is 43.6 Å². The van der Waals surface area contributed by atoms with Crippen LogP contribution < -0.4 is 23.7 Å². The number of methoxy groups -OCH3 is 1. The molecule has 24 rings (SSSR count). The molecule has 12 atom stereocenters. The van der Waals surface area contributed by atoms with E-state index in [0.717, 1.165) is 149 Å². The van der Waals surface area contributed by atoms with Gasteiger partial charge in [0.05, 0.1) is 52.0 Å². The summed E-state index contributed by atoms with van der Waals surface area (Å²) in [4.78, 5) is 19.2. The van der Waals surface area contributed by atoms with Crippen molar-refractivity contribution in [1.29, 1.82) is 0 Å². The lowest BCUT2D eigenvalue weighted by atomic mass is 9.64. The van der Waals surface area contributed by atoms with Gasteiger partial charge < -0.3 is 39.0 Å². The molecule has 8 fully saturated rings. The van der Waals surface area contributed by atoms with Gasteiger partial charge in [-0.25, -0.2) is 19.9 Å². The van der Waals surface area contributed by atoms with E-state index in [4.69, 9.17) is 43.6 Å². The maximum absolute atomic E-state index is 11.0. The maximum atomic E-state index is 11.0. The highest BCUT2D eigenvalue weighted by atomic mass is 16.5. The number of rotatable bonds is 21. The van der Waals surface area contributed by atoms with Gasteiger partial charge in [-0.15, -0.1) is 0 Å². The highest BCUT2D eigenvalue weighted by Gasteiger charge is 2.58. The molecule has 12 aromatic carbocycles. The van der Waals surface area contributed by atoms with Gasteiger partial charge in [0.1, 0.15) is 72.4 Å². The summed E-state index contributed by atoms with van der Waals surface area (Å²) in [7, 11) is 1.78. The van der Waals surface area contributed by atoms with E-state index in [0.29, 0.717) is 61.6 Å². The predicted octanol–water partition coefficient (Wildman–Crippen LogP) is 26.8. The van der Waals surface area contributed by atoms with Crippen LogP contribution in [-0.4, -0.2) is 42.4 Å². The Kier molecular flexibility index (Phi) is 22.9. The number of benzene rings is 12. The molecule has 8 aliphatic rings. The first-order valence-electron chi connectivity index (χ1n) is 46.7. The fraction of sp³-hybridized carbons (Fsp3) is 0.282. The molecule has 12 unspecified atom stereocenters. The average Bonchev–Trinajstić information content (AvgIpc) is 1.61. The summed E-state index contributed by atoms with van der Waals surface area (Å²) in [6.07, 6.45) is 19.8. The number of phenols is 3. The van der Waals surface area contributed by atoms with Crippen molar-refractivity contribution in [3.8, 4) is 46.0 Å². The minimum Gasteiger partial charge on any atom is -0.508 e. The molecular weight excluding hydrogens is 1590 g/mol. The molecule has 8 bridgehead atoms. The minimum absolute atomic E-state index is 0.00388. The van der Waals surface area contributed by atoms with Crippen LogP contribution in [0.25, 0.3) is 43.6 Å². The van der Waals surface area contributed by atoms with Gasteiger partial charge in [-0.2, -0.15) is 0 Å². The molecule has 12 nitrogen and oxygen atoms in total. The van der Waals surface area contributed by atoms with Crippen molar-refractivity contribution in [3.63, 3.8) is 0 Å². The van der Waals surface area contributed by atoms with Gasteiger partial charge in [0.15, 0.2) is 0 Å². The number of hydrogen-bond acceptors (Lipinski definition) is 12. The number of ether oxygens (including phenoxy) is 5. The van der Waals surface area contributed by atoms with Crippen LogP contribution in [-0.2, 0) is 48.1 Å². The van der Waals surface area contributed by atoms with Gasteiger partial charge in [0.25, 0.3) is 0 Å². The summed E-state index contributed by atoms with van der Waals surface area (Å²) in [6.45, 7) is 1.67. The van der Waals surface area contributed by atoms with E-state index < -0.39 is 0 Å². The van der Waals surface area contributed by atoms with Gasteiger partial charge in [-0.1, -0.05) is 244 Å². The maximum Gasteiger partial charge on any atom is 0.130 e. The molecule has 646 valence electrons. The van der Waals surface area contributed by atoms with Gasteiger partial charge in [0.2, 0.25) is 0 Å². The Morgan fingerprint density at radius 2 is 0.543 bits per heavy atom. The van der Waals surface area contributed by atoms with Crippen LogP contribution in [0.3, 0.4) is 0 Å². The van der Waals surface area contributed by atoms with Crippen molar-refractivity contribution in [2.24, 2.45) is 47.3 Å². The largest absolute Gasteiger partial charge is 0.508 e. The van der Waals surface area contributed by atoms with E-state index in [9.17, 15) is 15.3 Å². The number of nitrogens with zero attached hydrogens (tertiary/aromatic N) is 4. The quantitative estimate of drug-likeness (QED) is 0.0586. The molecule has 3 N–H and O–H groups in total. The topological polar surface area (TPSA) is 158 Å². The Hall–Kier alpha value is -13.3. The molecule has 4 heterocycles. The summed E-state index contributed by atoms with van der Waals surface area (Å²) < 4.78 is 31.5. The molecule has 0 spiro atoms. The molecular formula is C117H110N4O8. The van der Waals surface area contributed by atoms with Crippen molar-refractivity contribution in [2.45, 2.75) is 151 Å². The third kappa shape index (κ3) is 16.1. The molecule has 0 aliphatic heterocycles. The lowest BCUT2D eigenvalue weighted by Gasteiger charge is -2.40. The second-order valence-electron chi connectivity index (χ2n) is 37.7. The molecule has 12 heteroatoms. The molecule has 4 aromatic heterocycles. The van der Waals surface area contributed by atoms with Crippen molar-refractivity contribution in [1.82, 2.24) is 19.9 Å². The summed E-state index contributed by atoms with van der Waals surface area (Å²) in [5.41, 5.74) is 17.1. The SMILES string of the molecule is COc1ccc(OCc2ccc3ccccc3n2)cc1C1(c2ccccc2)CC2CCC1C2.Oc1ccc(O)c(C2(c3ccccc3)CC3CCC2C3)c1.Oc1ccc(OCc2ccc3ccccc3n2)cc1C1(c2ccccc2)CC2CCC1C2.c1ccc(C2(c3cc(OCc4ccc5ccccc5n4)ccc3OCc3ccc4ccccc4n3)CC3CCC2C3)cc1. The third-order valence-electron chi connectivity index (χ3n) is 30.7. The predicted molar refractivity (Wildman–Crippen MR) is 512 cm³/mol. The first-order chi connectivity index (χ1) is 63.4. The zero-order chi connectivity index (χ0) is 86.9. The van der Waals surface area contributed by atoms with Crippen LogP contribution in [0.2, 0.25) is 0 Å². The standard InChI is InChI=1S/C39H34N2O2.C30H29NO2.C29H27NO2.C19H20O2/c1-2-10-30(11-3-1)39(24-27-14-17-31(39)22-27)35-23-34(42-25-32-18-15-28-8-4-6-12-36(28)40-32)20-21-38(35)43-26-33-19-16-29-9-5-7-13-37(29)41-33;1-32-29-16-15-26(33-20-25-14-12-22-7-5-6-10-28(22)31-25)18-27(29)30(23-8-3-2-4-9-23)19-21-11-13-24(30)17-21;31-28-15-14-25(32-19-24-13-11-21-6-4-5-9-27(21)30-24)17-26(28)29(22-7-2-1-3-8-22)18-20-10-12-23(29)16-20;20-16-8-9-18(21)17(11-16)19(14-4-2-1-3-5-14)12-13-6-7-15(19)10-13/h1-13,15-16,18-21,23,27,31H,14,17,22,24-26H2;2-10,12,14-16,18,21,24H,11,13,17,19-20H2,1H3;1-9,11,13-15,17,20,23,31H,10,12,16,18-19H2;1-5,8-9,11,13,15,20-21H,6-7,10,12H2. The molecule has 0 radical (unpaired) electrons. The van der Waals surface area contributed by atoms with Crippen LogP contribution in [0.15, 0.2) is 340 Å². The number of para-hydroxylation sites is 4. The van der Waals surface area contributed by atoms with Crippen molar-refractivity contribution in [3.05, 3.63) is 407 Å². The Bertz CT molecular complexity index is 6700. The zero-order valence-electron chi connectivity index (χ0n) is 73.3. The molecule has 0 saturated heterocycles. The van der Waals surface area contributed by atoms with E-state index in [2.05, 4.69) is 212 Å². The monoisotopic (exact) mass is 1700 g/mol. The van der Waals surface area contributed by atoms with E-state index in [1.165, 1.54) is 117 Å². The molecule has 129 heavy (non-hydrogen) atoms. The lowest BCUT2D eigenvalue weighted by molar-refractivity contribution is 0.266. The number of pyridine rings is 4. The highest BCUT2D eigenvalue weighted by molar-refractivity contribution is 5.81. The fourth-order valence-corrected chi connectivity index (χ4v) is 25.0. The van der Waals surface area contributed by atoms with Crippen LogP contribution in [0, 0.1) is 47.3 Å². The number of aromatic hydroxyl groups is 3. The summed E-state index contributed by atoms with van der Waals surface area (Å²) in [6, 6.07) is 116. The van der Waals surface area contributed by atoms with Crippen molar-refractivity contribution < 1.29 is 39.0 Å². The van der Waals surface area contributed by atoms with Gasteiger partial charge in [0, 0.05) is 65.5 Å². The Morgan fingerprint density at radius 3 is 0.868 bits per heavy atom. The Labute approximate surface area is 756 Å². The Morgan fingerprint density at radius 1 is 0.264 bits per heavy atom. The second kappa shape index (κ2) is 35.7. The van der Waals surface area contributed by atoms with Crippen LogP contribution in [0.5, 0.6) is 46.0 Å². The first-order valence-corrected chi connectivity index (χ1v) is 46.7. The number of aromatic nitrogens is 4. The Balaban J connectivity index is 0.000000107. The van der Waals surface area contributed by atoms with Gasteiger partial charge >= 0.3 is 0 Å². The van der Waals surface area contributed by atoms with E-state index in [1.807, 2.05) is 103 Å². The number of fused-ring (bicyclic) bond motifs is 12. The van der Waals surface area contributed by atoms with Crippen LogP contribution >= 0.6 is 0 Å². The molecule has 8 saturated carbocycles. The van der Waals surface area contributed by atoms with E-state index in [1.54, 1.807) is 31.4 Å². The molecule has 0 amide bonds. The summed E-state index contributed by atoms with van der Waals surface area (Å²) in [5, 5.41) is 35.9. The van der Waals surface area contributed by atoms with Gasteiger partial charge in [-0.3, -0.25) is 0 Å². The van der Waals surface area contributed by atoms with Crippen molar-refractivity contribution in [2.75, 3.05) is 7.11 Å². The first kappa shape index (κ1) is 82.6. The van der Waals surface area contributed by atoms with E-state index in [-0.39, 0.29) is 27.4 Å². The fourth-order valence-electron chi connectivity index (χ4n) is 25.0. The number of phenolic OH excluding ortho intramolecular Hbond substituents is 3.